The molecule has 0 aromatic rings. The number of hydrogen-bond donors (Lipinski definition) is 2. The molecule has 5 heteroatoms. The van der Waals surface area contributed by atoms with Gasteiger partial charge in [-0.05, 0) is 7.05 Å². The summed E-state index contributed by atoms with van der Waals surface area (Å²) in [4.78, 5) is 10.0. The Kier molecular flexibility index (Phi) is 6.76. The van der Waals surface area contributed by atoms with Crippen LogP contribution in [0, 0.1) is 0 Å². The van der Waals surface area contributed by atoms with Crippen molar-refractivity contribution in [1.29, 1.82) is 0 Å². The van der Waals surface area contributed by atoms with Crippen molar-refractivity contribution in [2.75, 3.05) is 33.4 Å². The molecule has 0 bridgehead atoms. The maximum absolute atomic E-state index is 10.0. The Labute approximate surface area is 65.8 Å². The lowest BCUT2D eigenvalue weighted by molar-refractivity contribution is 0.0783. The van der Waals surface area contributed by atoms with Crippen molar-refractivity contribution in [3.8, 4) is 0 Å². The minimum atomic E-state index is -0.762. The molecule has 0 aliphatic heterocycles. The Hall–Kier alpha value is -0.810. The number of likely N-dealkylation sites (N-methyl/N-ethyl adjacent to an activating group) is 1. The molecule has 3 N–H and O–H groups in total. The average Bonchev–Trinajstić information content (AvgIpc) is 1.96. The van der Waals surface area contributed by atoms with Crippen molar-refractivity contribution in [3.05, 3.63) is 0 Å². The molecule has 11 heavy (non-hydrogen) atoms. The largest absolute Gasteiger partial charge is 0.447 e. The van der Waals surface area contributed by atoms with E-state index in [4.69, 9.17) is 10.5 Å². The van der Waals surface area contributed by atoms with Gasteiger partial charge in [-0.1, -0.05) is 0 Å². The number of nitrogens with one attached hydrogen (secondary N) is 1. The van der Waals surface area contributed by atoms with Gasteiger partial charge in [0.15, 0.2) is 0 Å². The molecule has 5 nitrogen and oxygen atoms in total. The maximum Gasteiger partial charge on any atom is 0.404 e. The molecule has 0 rings (SSSR count). The van der Waals surface area contributed by atoms with Gasteiger partial charge < -0.3 is 20.5 Å². The van der Waals surface area contributed by atoms with E-state index in [1.807, 2.05) is 7.05 Å². The van der Waals surface area contributed by atoms with Crippen molar-refractivity contribution in [2.24, 2.45) is 5.73 Å². The van der Waals surface area contributed by atoms with E-state index >= 15 is 0 Å². The second-order valence-electron chi connectivity index (χ2n) is 1.88. The first kappa shape index (κ1) is 10.2. The molecule has 0 radical (unpaired) electrons. The van der Waals surface area contributed by atoms with E-state index in [1.54, 1.807) is 0 Å². The third-order valence-corrected chi connectivity index (χ3v) is 0.968. The van der Waals surface area contributed by atoms with Gasteiger partial charge in [0.1, 0.15) is 6.61 Å². The Morgan fingerprint density at radius 2 is 2.18 bits per heavy atom. The Morgan fingerprint density at radius 1 is 1.45 bits per heavy atom. The Bertz CT molecular complexity index is 108. The second-order valence-corrected chi connectivity index (χ2v) is 1.88. The molecule has 0 aliphatic rings. The predicted octanol–water partition coefficient (Wildman–Crippen LogP) is -0.682. The highest BCUT2D eigenvalue weighted by molar-refractivity contribution is 5.64. The smallest absolute Gasteiger partial charge is 0.404 e. The number of rotatable bonds is 6. The Morgan fingerprint density at radius 3 is 2.73 bits per heavy atom. The molecule has 0 aromatic carbocycles. The van der Waals surface area contributed by atoms with Crippen molar-refractivity contribution >= 4 is 6.09 Å². The summed E-state index contributed by atoms with van der Waals surface area (Å²) in [6, 6.07) is 0. The molecular weight excluding hydrogens is 148 g/mol. The zero-order valence-electron chi connectivity index (χ0n) is 6.63. The van der Waals surface area contributed by atoms with Crippen LogP contribution in [0.25, 0.3) is 0 Å². The van der Waals surface area contributed by atoms with Gasteiger partial charge in [-0.15, -0.1) is 0 Å². The highest BCUT2D eigenvalue weighted by Crippen LogP contribution is 1.76. The molecule has 0 heterocycles. The molecule has 0 atom stereocenters. The number of ether oxygens (including phenoxy) is 2. The van der Waals surface area contributed by atoms with E-state index in [-0.39, 0.29) is 6.61 Å². The summed E-state index contributed by atoms with van der Waals surface area (Å²) in [6.45, 7) is 2.01. The SMILES string of the molecule is CNCCOCCOC(N)=O. The normalized spacial score (nSPS) is 9.55. The quantitative estimate of drug-likeness (QED) is 0.507. The first-order valence-electron chi connectivity index (χ1n) is 3.42. The third-order valence-electron chi connectivity index (χ3n) is 0.968. The van der Waals surface area contributed by atoms with Crippen LogP contribution in [0.15, 0.2) is 0 Å². The zero-order valence-corrected chi connectivity index (χ0v) is 6.63. The van der Waals surface area contributed by atoms with E-state index in [0.29, 0.717) is 13.2 Å². The molecule has 0 fully saturated rings. The van der Waals surface area contributed by atoms with Crippen LogP contribution in [0.5, 0.6) is 0 Å². The summed E-state index contributed by atoms with van der Waals surface area (Å²) in [7, 11) is 1.84. The van der Waals surface area contributed by atoms with Crippen LogP contribution in [0.4, 0.5) is 4.79 Å². The molecule has 0 saturated heterocycles. The Balaban J connectivity index is 2.85. The van der Waals surface area contributed by atoms with Gasteiger partial charge in [0.2, 0.25) is 0 Å². The average molecular weight is 162 g/mol. The van der Waals surface area contributed by atoms with E-state index in [1.165, 1.54) is 0 Å². The van der Waals surface area contributed by atoms with E-state index < -0.39 is 6.09 Å². The summed E-state index contributed by atoms with van der Waals surface area (Å²) in [6.07, 6.45) is -0.762. The van der Waals surface area contributed by atoms with E-state index in [9.17, 15) is 4.79 Å². The monoisotopic (exact) mass is 162 g/mol. The third kappa shape index (κ3) is 9.19. The fourth-order valence-electron chi connectivity index (χ4n) is 0.477. The lowest BCUT2D eigenvalue weighted by atomic mass is 10.7. The van der Waals surface area contributed by atoms with Gasteiger partial charge in [0.05, 0.1) is 13.2 Å². The summed E-state index contributed by atoms with van der Waals surface area (Å²) < 4.78 is 9.44. The number of primary amides is 1. The van der Waals surface area contributed by atoms with Crippen LogP contribution in [-0.2, 0) is 9.47 Å². The molecule has 0 spiro atoms. The standard InChI is InChI=1S/C6H14N2O3/c1-8-2-3-10-4-5-11-6(7)9/h8H,2-5H2,1H3,(H2,7,9). The van der Waals surface area contributed by atoms with Gasteiger partial charge in [-0.3, -0.25) is 0 Å². The molecule has 0 aliphatic carbocycles. The lowest BCUT2D eigenvalue weighted by Gasteiger charge is -2.02. The second kappa shape index (κ2) is 7.30. The van der Waals surface area contributed by atoms with E-state index in [2.05, 4.69) is 10.1 Å². The fraction of sp³-hybridized carbons (Fsp3) is 0.833. The van der Waals surface area contributed by atoms with Crippen molar-refractivity contribution < 1.29 is 14.3 Å². The summed E-state index contributed by atoms with van der Waals surface area (Å²) in [5.41, 5.74) is 4.70. The molecule has 0 aromatic heterocycles. The van der Waals surface area contributed by atoms with Crippen molar-refractivity contribution in [3.63, 3.8) is 0 Å². The first-order chi connectivity index (χ1) is 5.27. The molecular formula is C6H14N2O3. The number of carbonyl (C=O) groups excluding carboxylic acids is 1. The van der Waals surface area contributed by atoms with Crippen LogP contribution in [0.3, 0.4) is 0 Å². The van der Waals surface area contributed by atoms with Crippen LogP contribution >= 0.6 is 0 Å². The maximum atomic E-state index is 10.0. The molecule has 66 valence electrons. The van der Waals surface area contributed by atoms with Crippen LogP contribution in [-0.4, -0.2) is 39.5 Å². The number of carbonyl (C=O) groups is 1. The van der Waals surface area contributed by atoms with Crippen LogP contribution in [0.1, 0.15) is 0 Å². The first-order valence-corrected chi connectivity index (χ1v) is 3.42. The van der Waals surface area contributed by atoms with Crippen LogP contribution in [0.2, 0.25) is 0 Å². The lowest BCUT2D eigenvalue weighted by Crippen LogP contribution is -2.19. The summed E-state index contributed by atoms with van der Waals surface area (Å²) >= 11 is 0. The van der Waals surface area contributed by atoms with Crippen LogP contribution < -0.4 is 11.1 Å². The molecule has 0 saturated carbocycles. The minimum Gasteiger partial charge on any atom is -0.447 e. The van der Waals surface area contributed by atoms with Gasteiger partial charge in [0, 0.05) is 6.54 Å². The number of hydrogen-bond acceptors (Lipinski definition) is 4. The van der Waals surface area contributed by atoms with Gasteiger partial charge in [-0.25, -0.2) is 4.79 Å². The van der Waals surface area contributed by atoms with E-state index in [0.717, 1.165) is 6.54 Å². The summed E-state index contributed by atoms with van der Waals surface area (Å²) in [5.74, 6) is 0. The highest BCUT2D eigenvalue weighted by Gasteiger charge is 1.91. The van der Waals surface area contributed by atoms with Crippen molar-refractivity contribution in [1.82, 2.24) is 5.32 Å². The minimum absolute atomic E-state index is 0.221. The summed E-state index contributed by atoms with van der Waals surface area (Å²) in [5, 5.41) is 2.91. The van der Waals surface area contributed by atoms with Gasteiger partial charge in [0.25, 0.3) is 0 Å². The zero-order chi connectivity index (χ0) is 8.53. The molecule has 1 amide bonds. The van der Waals surface area contributed by atoms with Gasteiger partial charge in [-0.2, -0.15) is 0 Å². The van der Waals surface area contributed by atoms with Gasteiger partial charge >= 0.3 is 6.09 Å². The topological polar surface area (TPSA) is 73.6 Å². The fourth-order valence-corrected chi connectivity index (χ4v) is 0.477. The number of nitrogens with two attached hydrogens (primary N) is 1. The highest BCUT2D eigenvalue weighted by atomic mass is 16.6. The molecule has 0 unspecified atom stereocenters. The predicted molar refractivity (Wildman–Crippen MR) is 40.3 cm³/mol. The van der Waals surface area contributed by atoms with Crippen molar-refractivity contribution in [2.45, 2.75) is 0 Å². The number of amides is 1.